The highest BCUT2D eigenvalue weighted by atomic mass is 79.9. The van der Waals surface area contributed by atoms with Gasteiger partial charge in [0.15, 0.2) is 0 Å². The summed E-state index contributed by atoms with van der Waals surface area (Å²) in [6.45, 7) is 6.44. The highest BCUT2D eigenvalue weighted by molar-refractivity contribution is 9.10. The minimum atomic E-state index is -0.907. The van der Waals surface area contributed by atoms with Gasteiger partial charge in [-0.25, -0.2) is 4.79 Å². The number of ether oxygens (including phenoxy) is 2. The molecule has 2 fully saturated rings. The van der Waals surface area contributed by atoms with Crippen LogP contribution in [0.2, 0.25) is 5.02 Å². The molecule has 0 N–H and O–H groups in total. The van der Waals surface area contributed by atoms with Crippen molar-refractivity contribution in [1.29, 1.82) is 0 Å². The summed E-state index contributed by atoms with van der Waals surface area (Å²) in [6.07, 6.45) is 1.43. The Bertz CT molecular complexity index is 851. The molecule has 0 bridgehead atoms. The van der Waals surface area contributed by atoms with Gasteiger partial charge < -0.3 is 14.4 Å². The number of Topliss-reactive ketones (excluding diaryl/α,β-unsaturated/α-hetero) is 2. The second kappa shape index (κ2) is 8.50. The van der Waals surface area contributed by atoms with Gasteiger partial charge in [-0.2, -0.15) is 0 Å². The summed E-state index contributed by atoms with van der Waals surface area (Å²) < 4.78 is 11.6. The van der Waals surface area contributed by atoms with E-state index in [0.717, 1.165) is 4.47 Å². The molecule has 1 aromatic carbocycles. The number of hydrogen-bond donors (Lipinski definition) is 0. The van der Waals surface area contributed by atoms with Gasteiger partial charge in [-0.05, 0) is 51.2 Å². The van der Waals surface area contributed by atoms with E-state index in [-0.39, 0.29) is 17.7 Å². The van der Waals surface area contributed by atoms with E-state index < -0.39 is 16.9 Å². The van der Waals surface area contributed by atoms with Crippen molar-refractivity contribution in [2.75, 3.05) is 20.2 Å². The first-order valence-electron chi connectivity index (χ1n) is 10.0. The lowest BCUT2D eigenvalue weighted by Gasteiger charge is -2.44. The predicted octanol–water partition coefficient (Wildman–Crippen LogP) is 5.14. The Balaban J connectivity index is 1.75. The summed E-state index contributed by atoms with van der Waals surface area (Å²) in [5.74, 6) is -0.759. The Morgan fingerprint density at radius 3 is 2.23 bits per heavy atom. The van der Waals surface area contributed by atoms with Crippen LogP contribution in [0, 0.1) is 5.41 Å². The quantitative estimate of drug-likeness (QED) is 0.526. The molecule has 1 aliphatic carbocycles. The number of nitrogens with zero attached hydrogens (tertiary/aromatic N) is 1. The molecule has 1 aromatic rings. The van der Waals surface area contributed by atoms with Crippen LogP contribution in [-0.4, -0.2) is 48.4 Å². The number of benzene rings is 1. The van der Waals surface area contributed by atoms with E-state index in [9.17, 15) is 14.4 Å². The zero-order chi connectivity index (χ0) is 22.3. The Morgan fingerprint density at radius 1 is 1.17 bits per heavy atom. The van der Waals surface area contributed by atoms with Crippen LogP contribution in [0.15, 0.2) is 16.6 Å². The highest BCUT2D eigenvalue weighted by Gasteiger charge is 2.48. The molecule has 0 atom stereocenters. The average molecular weight is 501 g/mol. The second-order valence-electron chi connectivity index (χ2n) is 9.19. The number of piperidine rings is 1. The first-order chi connectivity index (χ1) is 13.9. The zero-order valence-electron chi connectivity index (χ0n) is 17.7. The molecule has 1 saturated heterocycles. The van der Waals surface area contributed by atoms with Gasteiger partial charge in [-0.15, -0.1) is 0 Å². The number of carbonyl (C=O) groups excluding carboxylic acids is 3. The van der Waals surface area contributed by atoms with Crippen LogP contribution in [-0.2, 0) is 14.3 Å². The van der Waals surface area contributed by atoms with E-state index in [0.29, 0.717) is 55.1 Å². The van der Waals surface area contributed by atoms with Crippen LogP contribution < -0.4 is 4.74 Å². The molecule has 2 aliphatic rings. The number of hydrogen-bond acceptors (Lipinski definition) is 5. The molecule has 1 heterocycles. The van der Waals surface area contributed by atoms with Crippen molar-refractivity contribution < 1.29 is 23.9 Å². The van der Waals surface area contributed by atoms with Crippen LogP contribution in [0.1, 0.15) is 57.9 Å². The standard InChI is InChI=1S/C22H27BrClNO5/c1-21(2,3)30-20(28)25-7-5-22(6-8-25)11-15(26)19(16(27)12-22)18-14(24)9-13(23)10-17(18)29-4/h9-10,19H,5-8,11-12H2,1-4H3. The van der Waals surface area contributed by atoms with E-state index in [1.807, 2.05) is 20.8 Å². The van der Waals surface area contributed by atoms with Crippen molar-refractivity contribution in [1.82, 2.24) is 4.90 Å². The number of ketones is 2. The van der Waals surface area contributed by atoms with Crippen LogP contribution in [0.3, 0.4) is 0 Å². The lowest BCUT2D eigenvalue weighted by atomic mass is 9.63. The lowest BCUT2D eigenvalue weighted by molar-refractivity contribution is -0.138. The van der Waals surface area contributed by atoms with Crippen LogP contribution in [0.4, 0.5) is 4.79 Å². The smallest absolute Gasteiger partial charge is 0.410 e. The van der Waals surface area contributed by atoms with E-state index in [1.165, 1.54) is 7.11 Å². The molecular formula is C22H27BrClNO5. The Hall–Kier alpha value is -1.60. The number of carbonyl (C=O) groups is 3. The van der Waals surface area contributed by atoms with Crippen molar-refractivity contribution in [3.05, 3.63) is 27.2 Å². The fourth-order valence-electron chi connectivity index (χ4n) is 4.36. The van der Waals surface area contributed by atoms with E-state index in [2.05, 4.69) is 15.9 Å². The molecule has 1 amide bonds. The third kappa shape index (κ3) is 4.83. The largest absolute Gasteiger partial charge is 0.496 e. The third-order valence-electron chi connectivity index (χ3n) is 5.78. The molecule has 8 heteroatoms. The second-order valence-corrected chi connectivity index (χ2v) is 10.5. The molecule has 1 saturated carbocycles. The molecule has 30 heavy (non-hydrogen) atoms. The van der Waals surface area contributed by atoms with Crippen LogP contribution in [0.5, 0.6) is 5.75 Å². The summed E-state index contributed by atoms with van der Waals surface area (Å²) in [7, 11) is 1.49. The number of likely N-dealkylation sites (tertiary alicyclic amines) is 1. The van der Waals surface area contributed by atoms with Gasteiger partial charge in [0.25, 0.3) is 0 Å². The first kappa shape index (κ1) is 23.1. The zero-order valence-corrected chi connectivity index (χ0v) is 20.1. The summed E-state index contributed by atoms with van der Waals surface area (Å²) in [6, 6.07) is 3.38. The first-order valence-corrected chi connectivity index (χ1v) is 11.2. The maximum absolute atomic E-state index is 13.1. The van der Waals surface area contributed by atoms with Gasteiger partial charge in [-0.1, -0.05) is 27.5 Å². The molecule has 0 unspecified atom stereocenters. The lowest BCUT2D eigenvalue weighted by Crippen LogP contribution is -2.49. The van der Waals surface area contributed by atoms with Gasteiger partial charge in [0, 0.05) is 41.0 Å². The molecule has 0 radical (unpaired) electrons. The summed E-state index contributed by atoms with van der Waals surface area (Å²) in [5.41, 5.74) is -0.518. The van der Waals surface area contributed by atoms with E-state index >= 15 is 0 Å². The number of rotatable bonds is 2. The van der Waals surface area contributed by atoms with E-state index in [1.54, 1.807) is 17.0 Å². The number of methoxy groups -OCH3 is 1. The van der Waals surface area contributed by atoms with Crippen molar-refractivity contribution in [3.63, 3.8) is 0 Å². The summed E-state index contributed by atoms with van der Waals surface area (Å²) in [4.78, 5) is 40.3. The Labute approximate surface area is 190 Å². The molecule has 1 spiro atoms. The number of halogens is 2. The molecular weight excluding hydrogens is 474 g/mol. The minimum absolute atomic E-state index is 0.139. The normalized spacial score (nSPS) is 19.9. The molecule has 6 nitrogen and oxygen atoms in total. The average Bonchev–Trinajstić information content (AvgIpc) is 2.61. The van der Waals surface area contributed by atoms with Crippen LogP contribution >= 0.6 is 27.5 Å². The fraction of sp³-hybridized carbons (Fsp3) is 0.591. The van der Waals surface area contributed by atoms with Crippen molar-refractivity contribution in [2.24, 2.45) is 5.41 Å². The monoisotopic (exact) mass is 499 g/mol. The third-order valence-corrected chi connectivity index (χ3v) is 6.55. The Morgan fingerprint density at radius 2 is 1.73 bits per heavy atom. The minimum Gasteiger partial charge on any atom is -0.496 e. The summed E-state index contributed by atoms with van der Waals surface area (Å²) >= 11 is 9.75. The maximum Gasteiger partial charge on any atom is 0.410 e. The van der Waals surface area contributed by atoms with Gasteiger partial charge in [0.05, 0.1) is 7.11 Å². The van der Waals surface area contributed by atoms with Gasteiger partial charge in [-0.3, -0.25) is 9.59 Å². The summed E-state index contributed by atoms with van der Waals surface area (Å²) in [5, 5.41) is 0.337. The predicted molar refractivity (Wildman–Crippen MR) is 117 cm³/mol. The van der Waals surface area contributed by atoms with Crippen LogP contribution in [0.25, 0.3) is 0 Å². The Kier molecular flexibility index (Phi) is 6.54. The van der Waals surface area contributed by atoms with Gasteiger partial charge in [0.2, 0.25) is 0 Å². The number of amides is 1. The van der Waals surface area contributed by atoms with Gasteiger partial charge >= 0.3 is 6.09 Å². The maximum atomic E-state index is 13.1. The van der Waals surface area contributed by atoms with Crippen molar-refractivity contribution in [2.45, 2.75) is 58.0 Å². The highest BCUT2D eigenvalue weighted by Crippen LogP contribution is 2.48. The van der Waals surface area contributed by atoms with Gasteiger partial charge in [0.1, 0.15) is 28.8 Å². The van der Waals surface area contributed by atoms with Crippen molar-refractivity contribution >= 4 is 45.2 Å². The van der Waals surface area contributed by atoms with Crippen molar-refractivity contribution in [3.8, 4) is 5.75 Å². The SMILES string of the molecule is COc1cc(Br)cc(Cl)c1C1C(=O)CC2(CCN(C(=O)OC(C)(C)C)CC2)CC1=O. The molecule has 164 valence electrons. The molecule has 0 aromatic heterocycles. The molecule has 1 aliphatic heterocycles. The topological polar surface area (TPSA) is 72.9 Å². The fourth-order valence-corrected chi connectivity index (χ4v) is 5.25. The van der Waals surface area contributed by atoms with E-state index in [4.69, 9.17) is 21.1 Å². The molecule has 3 rings (SSSR count).